The minimum atomic E-state index is -1.01. The average Bonchev–Trinajstić information content (AvgIpc) is 2.86. The number of benzene rings is 4. The highest BCUT2D eigenvalue weighted by Crippen LogP contribution is 2.54. The van der Waals surface area contributed by atoms with Crippen molar-refractivity contribution in [1.29, 1.82) is 0 Å². The number of hydrogen-bond acceptors (Lipinski definition) is 4. The molecule has 5 nitrogen and oxygen atoms in total. The maximum absolute atomic E-state index is 12.5. The first-order valence-corrected chi connectivity index (χ1v) is 11.2. The van der Waals surface area contributed by atoms with Crippen molar-refractivity contribution < 1.29 is 14.8 Å². The number of thioether (sulfide) groups is 1. The molecule has 33 heavy (non-hydrogen) atoms. The molecule has 4 rings (SSSR count). The molecule has 0 aliphatic heterocycles. The SMILES string of the molecule is O=C(O)C(SC(c1ccccc1)(c1ccccc1)c1ccccc1)c1ccc([N+](=O)[O-])cc1. The Morgan fingerprint density at radius 2 is 1.12 bits per heavy atom. The quantitative estimate of drug-likeness (QED) is 0.188. The van der Waals surface area contributed by atoms with Crippen LogP contribution in [0.4, 0.5) is 5.69 Å². The zero-order valence-corrected chi connectivity index (χ0v) is 18.4. The lowest BCUT2D eigenvalue weighted by Crippen LogP contribution is -2.28. The van der Waals surface area contributed by atoms with Gasteiger partial charge >= 0.3 is 5.97 Å². The summed E-state index contributed by atoms with van der Waals surface area (Å²) in [6.45, 7) is 0. The molecule has 1 unspecified atom stereocenters. The highest BCUT2D eigenvalue weighted by Gasteiger charge is 2.41. The fourth-order valence-corrected chi connectivity index (χ4v) is 5.50. The highest BCUT2D eigenvalue weighted by atomic mass is 32.2. The van der Waals surface area contributed by atoms with Crippen molar-refractivity contribution >= 4 is 23.4 Å². The molecule has 0 aromatic heterocycles. The molecule has 164 valence electrons. The summed E-state index contributed by atoms with van der Waals surface area (Å²) < 4.78 is -0.825. The second kappa shape index (κ2) is 9.71. The Labute approximate surface area is 195 Å². The zero-order valence-electron chi connectivity index (χ0n) is 17.6. The van der Waals surface area contributed by atoms with E-state index in [4.69, 9.17) is 0 Å². The number of nitro groups is 1. The molecule has 4 aromatic rings. The summed E-state index contributed by atoms with van der Waals surface area (Å²) in [6.07, 6.45) is 0. The van der Waals surface area contributed by atoms with Gasteiger partial charge in [0.05, 0.1) is 9.67 Å². The van der Waals surface area contributed by atoms with E-state index in [1.165, 1.54) is 36.0 Å². The molecular weight excluding hydrogens is 434 g/mol. The van der Waals surface area contributed by atoms with E-state index in [1.807, 2.05) is 91.0 Å². The van der Waals surface area contributed by atoms with Gasteiger partial charge in [0.15, 0.2) is 0 Å². The van der Waals surface area contributed by atoms with Crippen LogP contribution in [0.1, 0.15) is 27.5 Å². The number of carboxylic acid groups (broad SMARTS) is 1. The summed E-state index contributed by atoms with van der Waals surface area (Å²) in [5.41, 5.74) is 3.25. The first-order chi connectivity index (χ1) is 16.0. The molecule has 0 aliphatic rings. The van der Waals surface area contributed by atoms with Crippen LogP contribution in [0.25, 0.3) is 0 Å². The van der Waals surface area contributed by atoms with Crippen LogP contribution in [0.3, 0.4) is 0 Å². The minimum Gasteiger partial charge on any atom is -0.480 e. The smallest absolute Gasteiger partial charge is 0.321 e. The van der Waals surface area contributed by atoms with Crippen LogP contribution >= 0.6 is 11.8 Å². The van der Waals surface area contributed by atoms with E-state index in [0.717, 1.165) is 16.7 Å². The normalized spacial score (nSPS) is 12.1. The summed E-state index contributed by atoms with van der Waals surface area (Å²) in [4.78, 5) is 23.1. The molecule has 0 amide bonds. The maximum Gasteiger partial charge on any atom is 0.321 e. The van der Waals surface area contributed by atoms with Crippen molar-refractivity contribution in [3.63, 3.8) is 0 Å². The van der Waals surface area contributed by atoms with Crippen LogP contribution < -0.4 is 0 Å². The fraction of sp³-hybridized carbons (Fsp3) is 0.0741. The van der Waals surface area contributed by atoms with Gasteiger partial charge in [-0.2, -0.15) is 0 Å². The number of carbonyl (C=O) groups is 1. The van der Waals surface area contributed by atoms with Gasteiger partial charge in [-0.3, -0.25) is 14.9 Å². The Bertz CT molecular complexity index is 1130. The van der Waals surface area contributed by atoms with E-state index in [9.17, 15) is 20.0 Å². The van der Waals surface area contributed by atoms with Crippen molar-refractivity contribution in [2.75, 3.05) is 0 Å². The van der Waals surface area contributed by atoms with Gasteiger partial charge in [0.25, 0.3) is 5.69 Å². The van der Waals surface area contributed by atoms with Gasteiger partial charge in [-0.05, 0) is 22.3 Å². The molecule has 0 radical (unpaired) electrons. The van der Waals surface area contributed by atoms with E-state index in [2.05, 4.69) is 0 Å². The number of nitro benzene ring substituents is 1. The van der Waals surface area contributed by atoms with Gasteiger partial charge < -0.3 is 5.11 Å². The lowest BCUT2D eigenvalue weighted by molar-refractivity contribution is -0.384. The lowest BCUT2D eigenvalue weighted by atomic mass is 9.84. The maximum atomic E-state index is 12.5. The van der Waals surface area contributed by atoms with Gasteiger partial charge in [-0.25, -0.2) is 0 Å². The van der Waals surface area contributed by atoms with E-state index < -0.39 is 20.9 Å². The third kappa shape index (κ3) is 4.52. The van der Waals surface area contributed by atoms with Crippen LogP contribution in [0.2, 0.25) is 0 Å². The van der Waals surface area contributed by atoms with Crippen molar-refractivity contribution in [3.8, 4) is 0 Å². The molecule has 1 atom stereocenters. The van der Waals surface area contributed by atoms with E-state index in [1.54, 1.807) is 0 Å². The largest absolute Gasteiger partial charge is 0.480 e. The molecule has 0 fully saturated rings. The molecule has 0 bridgehead atoms. The number of aliphatic carboxylic acids is 1. The molecule has 6 heteroatoms. The summed E-state index contributed by atoms with van der Waals surface area (Å²) in [7, 11) is 0. The van der Waals surface area contributed by atoms with Crippen LogP contribution in [0.15, 0.2) is 115 Å². The highest BCUT2D eigenvalue weighted by molar-refractivity contribution is 8.01. The molecule has 0 aliphatic carbocycles. The standard InChI is InChI=1S/C27H21NO4S/c29-26(30)25(20-16-18-24(19-17-20)28(31)32)33-27(21-10-4-1-5-11-21,22-12-6-2-7-13-22)23-14-8-3-9-15-23/h1-19,25H,(H,29,30). The summed E-state index contributed by atoms with van der Waals surface area (Å²) in [6, 6.07) is 35.2. The molecule has 4 aromatic carbocycles. The van der Waals surface area contributed by atoms with Gasteiger partial charge in [0, 0.05) is 12.1 Å². The Morgan fingerprint density at radius 1 is 0.727 bits per heavy atom. The average molecular weight is 456 g/mol. The van der Waals surface area contributed by atoms with E-state index in [-0.39, 0.29) is 5.69 Å². The zero-order chi connectivity index (χ0) is 23.3. The third-order valence-corrected chi connectivity index (χ3v) is 7.24. The monoisotopic (exact) mass is 455 g/mol. The lowest BCUT2D eigenvalue weighted by Gasteiger charge is -2.37. The van der Waals surface area contributed by atoms with Gasteiger partial charge in [0.2, 0.25) is 0 Å². The van der Waals surface area contributed by atoms with Crippen molar-refractivity contribution in [2.24, 2.45) is 0 Å². The van der Waals surface area contributed by atoms with Gasteiger partial charge in [-0.1, -0.05) is 103 Å². The number of nitrogens with zero attached hydrogens (tertiary/aromatic N) is 1. The van der Waals surface area contributed by atoms with Crippen molar-refractivity contribution in [3.05, 3.63) is 148 Å². The number of carboxylic acids is 1. The predicted octanol–water partition coefficient (Wildman–Crippen LogP) is 6.45. The predicted molar refractivity (Wildman–Crippen MR) is 130 cm³/mol. The van der Waals surface area contributed by atoms with Crippen LogP contribution in [-0.2, 0) is 9.54 Å². The van der Waals surface area contributed by atoms with Crippen LogP contribution in [0, 0.1) is 10.1 Å². The molecule has 0 heterocycles. The van der Waals surface area contributed by atoms with Gasteiger partial charge in [0.1, 0.15) is 5.25 Å². The van der Waals surface area contributed by atoms with E-state index in [0.29, 0.717) is 5.56 Å². The Balaban J connectivity index is 1.94. The van der Waals surface area contributed by atoms with Crippen molar-refractivity contribution in [2.45, 2.75) is 10.00 Å². The summed E-state index contributed by atoms with van der Waals surface area (Å²) in [5, 5.41) is 20.4. The van der Waals surface area contributed by atoms with E-state index >= 15 is 0 Å². The third-order valence-electron chi connectivity index (χ3n) is 5.47. The molecule has 0 saturated heterocycles. The van der Waals surface area contributed by atoms with Crippen molar-refractivity contribution in [1.82, 2.24) is 0 Å². The topological polar surface area (TPSA) is 80.4 Å². The first-order valence-electron chi connectivity index (χ1n) is 10.3. The van der Waals surface area contributed by atoms with Crippen LogP contribution in [-0.4, -0.2) is 16.0 Å². The Morgan fingerprint density at radius 3 is 1.45 bits per heavy atom. The Hall–Kier alpha value is -3.90. The molecule has 0 spiro atoms. The fourth-order valence-electron chi connectivity index (χ4n) is 3.93. The molecule has 0 saturated carbocycles. The second-order valence-electron chi connectivity index (χ2n) is 7.46. The minimum absolute atomic E-state index is 0.0756. The number of hydrogen-bond donors (Lipinski definition) is 1. The summed E-state index contributed by atoms with van der Waals surface area (Å²) >= 11 is 1.30. The Kier molecular flexibility index (Phi) is 6.56. The number of non-ortho nitro benzene ring substituents is 1. The molecule has 1 N–H and O–H groups in total. The molecular formula is C27H21NO4S. The van der Waals surface area contributed by atoms with Gasteiger partial charge in [-0.15, -0.1) is 11.8 Å². The number of rotatable bonds is 8. The first kappa shape index (κ1) is 22.3. The summed E-state index contributed by atoms with van der Waals surface area (Å²) in [5.74, 6) is -1.01. The second-order valence-corrected chi connectivity index (χ2v) is 8.78. The van der Waals surface area contributed by atoms with Crippen LogP contribution in [0.5, 0.6) is 0 Å².